The molecule has 0 aromatic carbocycles. The van der Waals surface area contributed by atoms with E-state index >= 15 is 0 Å². The van der Waals surface area contributed by atoms with E-state index in [0.29, 0.717) is 25.5 Å². The summed E-state index contributed by atoms with van der Waals surface area (Å²) in [6.07, 6.45) is 1.40. The van der Waals surface area contributed by atoms with Crippen molar-refractivity contribution in [3.05, 3.63) is 16.3 Å². The number of aryl methyl sites for hydroxylation is 1. The number of anilines is 1. The Bertz CT molecular complexity index is 349. The van der Waals surface area contributed by atoms with Gasteiger partial charge in [-0.1, -0.05) is 0 Å². The summed E-state index contributed by atoms with van der Waals surface area (Å²) in [6.45, 7) is 3.57. The van der Waals surface area contributed by atoms with E-state index in [1.807, 2.05) is 6.92 Å². The molecule has 0 radical (unpaired) electrons. The Morgan fingerprint density at radius 3 is 2.87 bits per heavy atom. The lowest BCUT2D eigenvalue weighted by Gasteiger charge is -2.18. The maximum atomic E-state index is 10.8. The van der Waals surface area contributed by atoms with E-state index in [-0.39, 0.29) is 5.69 Å². The average molecular weight is 213 g/mol. The highest BCUT2D eigenvalue weighted by molar-refractivity contribution is 5.56. The number of nitro groups is 1. The first-order valence-electron chi connectivity index (χ1n) is 4.73. The van der Waals surface area contributed by atoms with Gasteiger partial charge in [0, 0.05) is 26.7 Å². The van der Waals surface area contributed by atoms with E-state index in [1.165, 1.54) is 10.9 Å². The Morgan fingerprint density at radius 2 is 2.40 bits per heavy atom. The first kappa shape index (κ1) is 11.4. The summed E-state index contributed by atoms with van der Waals surface area (Å²) in [4.78, 5) is 12.1. The molecule has 0 amide bonds. The van der Waals surface area contributed by atoms with E-state index in [4.69, 9.17) is 5.73 Å². The fourth-order valence-corrected chi connectivity index (χ4v) is 1.39. The van der Waals surface area contributed by atoms with E-state index in [1.54, 1.807) is 11.9 Å². The number of rotatable bonds is 5. The van der Waals surface area contributed by atoms with E-state index in [0.717, 1.165) is 0 Å². The Balaban J connectivity index is 3.04. The fraction of sp³-hybridized carbons (Fsp3) is 0.625. The second-order valence-electron chi connectivity index (χ2n) is 3.14. The standard InChI is InChI=1S/C8H15N5O2/c1-3-12(5-4-9)8-7(13(14)15)6-11(2)10-8/h6H,3-5,9H2,1-2H3. The minimum atomic E-state index is -0.429. The minimum absolute atomic E-state index is 0.0211. The lowest BCUT2D eigenvalue weighted by Crippen LogP contribution is -2.30. The Morgan fingerprint density at radius 1 is 1.73 bits per heavy atom. The molecular weight excluding hydrogens is 198 g/mol. The van der Waals surface area contributed by atoms with Crippen molar-refractivity contribution in [3.8, 4) is 0 Å². The van der Waals surface area contributed by atoms with Gasteiger partial charge in [-0.2, -0.15) is 0 Å². The molecule has 1 rings (SSSR count). The Kier molecular flexibility index (Phi) is 3.62. The van der Waals surface area contributed by atoms with Crippen LogP contribution in [-0.2, 0) is 7.05 Å². The van der Waals surface area contributed by atoms with Crippen LogP contribution < -0.4 is 10.6 Å². The summed E-state index contributed by atoms with van der Waals surface area (Å²) >= 11 is 0. The molecule has 84 valence electrons. The highest BCUT2D eigenvalue weighted by Crippen LogP contribution is 2.25. The Hall–Kier alpha value is -1.63. The molecule has 2 N–H and O–H groups in total. The molecule has 0 fully saturated rings. The molecule has 0 unspecified atom stereocenters. The van der Waals surface area contributed by atoms with Crippen molar-refractivity contribution in [3.63, 3.8) is 0 Å². The number of hydrogen-bond donors (Lipinski definition) is 1. The third-order valence-corrected chi connectivity index (χ3v) is 2.07. The summed E-state index contributed by atoms with van der Waals surface area (Å²) in [6, 6.07) is 0. The van der Waals surface area contributed by atoms with Gasteiger partial charge in [-0.3, -0.25) is 14.8 Å². The second-order valence-corrected chi connectivity index (χ2v) is 3.14. The summed E-state index contributed by atoms with van der Waals surface area (Å²) in [5.74, 6) is 0.385. The molecule has 7 nitrogen and oxygen atoms in total. The normalized spacial score (nSPS) is 10.3. The van der Waals surface area contributed by atoms with Gasteiger partial charge in [0.05, 0.1) is 4.92 Å². The SMILES string of the molecule is CCN(CCN)c1nn(C)cc1[N+](=O)[O-]. The average Bonchev–Trinajstić information content (AvgIpc) is 2.56. The molecule has 0 saturated carbocycles. The summed E-state index contributed by atoms with van der Waals surface area (Å²) in [5, 5.41) is 14.8. The maximum Gasteiger partial charge on any atom is 0.330 e. The summed E-state index contributed by atoms with van der Waals surface area (Å²) < 4.78 is 1.44. The third kappa shape index (κ3) is 2.44. The van der Waals surface area contributed by atoms with Gasteiger partial charge < -0.3 is 10.6 Å². The smallest absolute Gasteiger partial charge is 0.330 e. The van der Waals surface area contributed by atoms with E-state index in [2.05, 4.69) is 5.10 Å². The lowest BCUT2D eigenvalue weighted by molar-refractivity contribution is -0.384. The number of aromatic nitrogens is 2. The molecule has 7 heteroatoms. The zero-order valence-electron chi connectivity index (χ0n) is 8.88. The highest BCUT2D eigenvalue weighted by Gasteiger charge is 2.22. The van der Waals surface area contributed by atoms with Crippen molar-refractivity contribution in [2.24, 2.45) is 12.8 Å². The fourth-order valence-electron chi connectivity index (χ4n) is 1.39. The van der Waals surface area contributed by atoms with Crippen LogP contribution in [-0.4, -0.2) is 34.3 Å². The van der Waals surface area contributed by atoms with Crippen LogP contribution in [0.2, 0.25) is 0 Å². The van der Waals surface area contributed by atoms with Crippen molar-refractivity contribution < 1.29 is 4.92 Å². The zero-order valence-corrected chi connectivity index (χ0v) is 8.88. The molecule has 0 aliphatic rings. The molecule has 1 aromatic heterocycles. The monoisotopic (exact) mass is 213 g/mol. The van der Waals surface area contributed by atoms with Crippen LogP contribution in [0.4, 0.5) is 11.5 Å². The molecule has 1 aromatic rings. The minimum Gasteiger partial charge on any atom is -0.348 e. The predicted octanol–water partition coefficient (Wildman–Crippen LogP) is 0.113. The summed E-state index contributed by atoms with van der Waals surface area (Å²) in [5.41, 5.74) is 5.45. The van der Waals surface area contributed by atoms with Crippen molar-refractivity contribution in [1.82, 2.24) is 9.78 Å². The van der Waals surface area contributed by atoms with Crippen LogP contribution in [0.1, 0.15) is 6.92 Å². The molecule has 0 aliphatic heterocycles. The quantitative estimate of drug-likeness (QED) is 0.554. The highest BCUT2D eigenvalue weighted by atomic mass is 16.6. The van der Waals surface area contributed by atoms with Gasteiger partial charge in [0.1, 0.15) is 6.20 Å². The number of nitrogens with two attached hydrogens (primary N) is 1. The molecule has 0 bridgehead atoms. The molecule has 0 spiro atoms. The number of nitrogens with zero attached hydrogens (tertiary/aromatic N) is 4. The van der Waals surface area contributed by atoms with Crippen molar-refractivity contribution >= 4 is 11.5 Å². The zero-order chi connectivity index (χ0) is 11.4. The van der Waals surface area contributed by atoms with Gasteiger partial charge in [-0.15, -0.1) is 5.10 Å². The predicted molar refractivity (Wildman–Crippen MR) is 56.8 cm³/mol. The Labute approximate surface area is 87.6 Å². The van der Waals surface area contributed by atoms with Crippen LogP contribution >= 0.6 is 0 Å². The lowest BCUT2D eigenvalue weighted by atomic mass is 10.4. The third-order valence-electron chi connectivity index (χ3n) is 2.07. The molecule has 0 aliphatic carbocycles. The van der Waals surface area contributed by atoms with Gasteiger partial charge in [0.2, 0.25) is 5.82 Å². The van der Waals surface area contributed by atoms with E-state index in [9.17, 15) is 10.1 Å². The summed E-state index contributed by atoms with van der Waals surface area (Å²) in [7, 11) is 1.66. The molecule has 15 heavy (non-hydrogen) atoms. The van der Waals surface area contributed by atoms with Gasteiger partial charge in [0.15, 0.2) is 0 Å². The van der Waals surface area contributed by atoms with Gasteiger partial charge in [0.25, 0.3) is 0 Å². The van der Waals surface area contributed by atoms with Gasteiger partial charge >= 0.3 is 5.69 Å². The van der Waals surface area contributed by atoms with E-state index < -0.39 is 4.92 Å². The van der Waals surface area contributed by atoms with Gasteiger partial charge in [-0.05, 0) is 6.92 Å². The molecule has 0 saturated heterocycles. The van der Waals surface area contributed by atoms with Crippen LogP contribution in [0.3, 0.4) is 0 Å². The van der Waals surface area contributed by atoms with Crippen LogP contribution in [0.5, 0.6) is 0 Å². The first-order chi connectivity index (χ1) is 7.10. The van der Waals surface area contributed by atoms with Crippen molar-refractivity contribution in [2.45, 2.75) is 6.92 Å². The second kappa shape index (κ2) is 4.74. The largest absolute Gasteiger partial charge is 0.348 e. The topological polar surface area (TPSA) is 90.2 Å². The van der Waals surface area contributed by atoms with Crippen LogP contribution in [0.25, 0.3) is 0 Å². The van der Waals surface area contributed by atoms with Crippen molar-refractivity contribution in [1.29, 1.82) is 0 Å². The molecule has 1 heterocycles. The van der Waals surface area contributed by atoms with Gasteiger partial charge in [-0.25, -0.2) is 0 Å². The van der Waals surface area contributed by atoms with Crippen molar-refractivity contribution in [2.75, 3.05) is 24.5 Å². The number of hydrogen-bond acceptors (Lipinski definition) is 5. The molecule has 0 atom stereocenters. The molecular formula is C8H15N5O2. The first-order valence-corrected chi connectivity index (χ1v) is 4.73. The van der Waals surface area contributed by atoms with Crippen LogP contribution in [0.15, 0.2) is 6.20 Å². The van der Waals surface area contributed by atoms with Crippen LogP contribution in [0, 0.1) is 10.1 Å². The number of likely N-dealkylation sites (N-methyl/N-ethyl adjacent to an activating group) is 1. The maximum absolute atomic E-state index is 10.8.